The quantitative estimate of drug-likeness (QED) is 0.0270. The smallest absolute Gasteiger partial charge is 0.460 e. The molecule has 57 heavy (non-hydrogen) atoms. The van der Waals surface area contributed by atoms with Gasteiger partial charge in [-0.1, -0.05) is 52.8 Å². The number of ether oxygens (including phenoxy) is 1. The molecule has 0 aliphatic heterocycles. The average Bonchev–Trinajstić information content (AvgIpc) is 3.09. The SMILES string of the molecule is C/C(=C\CC[C@H](C)[C@H](O)c1ccc(OCCO[Si](CCC(F)(F)C(F)(F)C(F)(F)C(F)(F)C(F)(F)C(F)(F)C(F)(F)C(F)(F)F)(C(C)C)C(C)C)cc1)C(=O)NO. The first-order chi connectivity index (χ1) is 25.5. The number of rotatable bonds is 22. The molecule has 2 atom stereocenters. The van der Waals surface area contributed by atoms with Crippen molar-refractivity contribution in [2.24, 2.45) is 5.92 Å². The molecular formula is C33H42F17NO5Si. The van der Waals surface area contributed by atoms with Gasteiger partial charge in [-0.3, -0.25) is 10.0 Å². The maximum absolute atomic E-state index is 14.9. The molecule has 0 spiro atoms. The molecule has 332 valence electrons. The van der Waals surface area contributed by atoms with E-state index in [-0.39, 0.29) is 23.8 Å². The normalized spacial score (nSPS) is 15.9. The highest BCUT2D eigenvalue weighted by Crippen LogP contribution is 2.64. The van der Waals surface area contributed by atoms with Gasteiger partial charge in [-0.15, -0.1) is 0 Å². The van der Waals surface area contributed by atoms with Crippen LogP contribution in [0.3, 0.4) is 0 Å². The van der Waals surface area contributed by atoms with Crippen molar-refractivity contribution in [3.05, 3.63) is 41.5 Å². The fourth-order valence-electron chi connectivity index (χ4n) is 5.74. The summed E-state index contributed by atoms with van der Waals surface area (Å²) in [5.41, 5.74) is 0.470. The number of benzene rings is 1. The summed E-state index contributed by atoms with van der Waals surface area (Å²) in [7, 11) is -3.95. The summed E-state index contributed by atoms with van der Waals surface area (Å²) in [5.74, 6) is -57.5. The summed E-state index contributed by atoms with van der Waals surface area (Å²) in [5, 5.41) is 19.3. The van der Waals surface area contributed by atoms with Crippen LogP contribution in [0.1, 0.15) is 72.5 Å². The first-order valence-corrected chi connectivity index (χ1v) is 19.1. The Kier molecular flexibility index (Phi) is 16.6. The van der Waals surface area contributed by atoms with Gasteiger partial charge in [0.2, 0.25) is 0 Å². The van der Waals surface area contributed by atoms with E-state index in [0.29, 0.717) is 18.4 Å². The molecule has 0 fully saturated rings. The van der Waals surface area contributed by atoms with Crippen LogP contribution in [-0.2, 0) is 9.22 Å². The lowest BCUT2D eigenvalue weighted by molar-refractivity contribution is -0.461. The molecule has 1 rings (SSSR count). The monoisotopic (exact) mass is 883 g/mol. The lowest BCUT2D eigenvalue weighted by atomic mass is 9.88. The minimum atomic E-state index is -8.68. The number of amides is 1. The summed E-state index contributed by atoms with van der Waals surface area (Å²) in [4.78, 5) is 11.4. The van der Waals surface area contributed by atoms with Crippen LogP contribution in [0, 0.1) is 5.92 Å². The number of hydroxylamine groups is 1. The highest BCUT2D eigenvalue weighted by Gasteiger charge is 2.95. The minimum absolute atomic E-state index is 0.168. The Morgan fingerprint density at radius 2 is 1.16 bits per heavy atom. The molecule has 24 heteroatoms. The molecule has 0 aliphatic rings. The second-order valence-electron chi connectivity index (χ2n) is 14.0. The fourth-order valence-corrected chi connectivity index (χ4v) is 10.2. The highest BCUT2D eigenvalue weighted by atomic mass is 28.4. The van der Waals surface area contributed by atoms with Gasteiger partial charge in [-0.25, -0.2) is 5.48 Å². The zero-order valence-electron chi connectivity index (χ0n) is 31.0. The topological polar surface area (TPSA) is 88.0 Å². The molecule has 0 heterocycles. The van der Waals surface area contributed by atoms with E-state index in [1.165, 1.54) is 64.4 Å². The number of aliphatic hydroxyl groups is 1. The standard InChI is InChI=1S/C33H42F17NO5Si/c1-18(2)57(19(3)4,56-16-15-55-23-12-10-22(11-13-23)24(52)20(5)8-7-9-21(6)25(53)51-54)17-14-26(34,35)27(36,37)28(38,39)29(40,41)30(42,43)31(44,45)32(46,47)33(48,49)50/h9-13,18-20,24,52,54H,7-8,14-17H2,1-6H3,(H,51,53)/b21-9+/t20-,24-/m0/s1. The van der Waals surface area contributed by atoms with E-state index in [2.05, 4.69) is 0 Å². The lowest BCUT2D eigenvalue weighted by Gasteiger charge is -2.44. The van der Waals surface area contributed by atoms with E-state index in [9.17, 15) is 84.5 Å². The predicted molar refractivity (Wildman–Crippen MR) is 171 cm³/mol. The average molecular weight is 884 g/mol. The van der Waals surface area contributed by atoms with Gasteiger partial charge in [0, 0.05) is 12.0 Å². The maximum atomic E-state index is 14.9. The number of hydrogen-bond donors (Lipinski definition) is 3. The number of halogens is 17. The van der Waals surface area contributed by atoms with E-state index in [4.69, 9.17) is 14.4 Å². The van der Waals surface area contributed by atoms with Gasteiger partial charge in [-0.05, 0) is 60.5 Å². The molecule has 0 saturated heterocycles. The van der Waals surface area contributed by atoms with Crippen molar-refractivity contribution in [3.8, 4) is 5.75 Å². The number of aliphatic hydroxyl groups excluding tert-OH is 1. The molecule has 1 aromatic carbocycles. The van der Waals surface area contributed by atoms with E-state index >= 15 is 0 Å². The van der Waals surface area contributed by atoms with Crippen molar-refractivity contribution in [2.75, 3.05) is 13.2 Å². The van der Waals surface area contributed by atoms with Crippen LogP contribution in [0.15, 0.2) is 35.9 Å². The molecule has 0 aliphatic carbocycles. The molecule has 0 radical (unpaired) electrons. The summed E-state index contributed by atoms with van der Waals surface area (Å²) in [6.07, 6.45) is -8.96. The fraction of sp³-hybridized carbons (Fsp3) is 0.727. The number of allylic oxidation sites excluding steroid dienone is 1. The Morgan fingerprint density at radius 3 is 1.58 bits per heavy atom. The highest BCUT2D eigenvalue weighted by molar-refractivity contribution is 6.76. The number of nitrogens with one attached hydrogen (secondary N) is 1. The van der Waals surface area contributed by atoms with Gasteiger partial charge in [0.05, 0.1) is 12.7 Å². The van der Waals surface area contributed by atoms with Crippen LogP contribution < -0.4 is 10.2 Å². The Hall–Kier alpha value is -2.86. The molecular weight excluding hydrogens is 841 g/mol. The van der Waals surface area contributed by atoms with Crippen molar-refractivity contribution < 1.29 is 98.9 Å². The molecule has 6 nitrogen and oxygen atoms in total. The predicted octanol–water partition coefficient (Wildman–Crippen LogP) is 11.1. The second kappa shape index (κ2) is 18.2. The molecule has 1 aromatic rings. The molecule has 1 amide bonds. The van der Waals surface area contributed by atoms with Crippen LogP contribution in [0.2, 0.25) is 17.1 Å². The molecule has 0 unspecified atom stereocenters. The molecule has 0 aromatic heterocycles. The van der Waals surface area contributed by atoms with Gasteiger partial charge in [0.15, 0.2) is 8.32 Å². The Bertz CT molecular complexity index is 1490. The zero-order chi connectivity index (χ0) is 45.0. The first-order valence-electron chi connectivity index (χ1n) is 16.9. The Labute approximate surface area is 316 Å². The molecule has 0 bridgehead atoms. The largest absolute Gasteiger partial charge is 0.491 e. The number of alkyl halides is 17. The zero-order valence-corrected chi connectivity index (χ0v) is 32.0. The Morgan fingerprint density at radius 1 is 0.719 bits per heavy atom. The van der Waals surface area contributed by atoms with E-state index in [0.717, 1.165) is 0 Å². The van der Waals surface area contributed by atoms with Crippen LogP contribution in [0.25, 0.3) is 0 Å². The van der Waals surface area contributed by atoms with Crippen molar-refractivity contribution in [2.45, 2.75) is 132 Å². The summed E-state index contributed by atoms with van der Waals surface area (Å²) in [6, 6.07) is 4.50. The van der Waals surface area contributed by atoms with Gasteiger partial charge < -0.3 is 14.3 Å². The molecule has 3 N–H and O–H groups in total. The third-order valence-corrected chi connectivity index (χ3v) is 15.3. The van der Waals surface area contributed by atoms with E-state index < -0.39 is 98.1 Å². The third-order valence-electron chi connectivity index (χ3n) is 9.59. The van der Waals surface area contributed by atoms with Gasteiger partial charge in [0.1, 0.15) is 12.4 Å². The van der Waals surface area contributed by atoms with E-state index in [1.54, 1.807) is 13.0 Å². The first kappa shape index (κ1) is 52.2. The van der Waals surface area contributed by atoms with Crippen molar-refractivity contribution >= 4 is 14.2 Å². The number of carbonyl (C=O) groups excluding carboxylic acids is 1. The van der Waals surface area contributed by atoms with Gasteiger partial charge >= 0.3 is 47.6 Å². The van der Waals surface area contributed by atoms with Crippen LogP contribution in [0.4, 0.5) is 74.6 Å². The maximum Gasteiger partial charge on any atom is 0.460 e. The van der Waals surface area contributed by atoms with Crippen molar-refractivity contribution in [3.63, 3.8) is 0 Å². The minimum Gasteiger partial charge on any atom is -0.491 e. The van der Waals surface area contributed by atoms with Gasteiger partial charge in [-0.2, -0.15) is 74.6 Å². The van der Waals surface area contributed by atoms with Crippen molar-refractivity contribution in [1.29, 1.82) is 0 Å². The van der Waals surface area contributed by atoms with Crippen LogP contribution in [0.5, 0.6) is 5.75 Å². The van der Waals surface area contributed by atoms with Crippen LogP contribution >= 0.6 is 0 Å². The lowest BCUT2D eigenvalue weighted by Crippen LogP contribution is -2.74. The third kappa shape index (κ3) is 10.1. The molecule has 0 saturated carbocycles. The summed E-state index contributed by atoms with van der Waals surface area (Å²) in [6.45, 7) is 7.63. The summed E-state index contributed by atoms with van der Waals surface area (Å²) >= 11 is 0. The Balaban J connectivity index is 3.16. The number of hydrogen-bond acceptors (Lipinski definition) is 5. The second-order valence-corrected chi connectivity index (χ2v) is 19.0. The van der Waals surface area contributed by atoms with E-state index in [1.807, 2.05) is 0 Å². The van der Waals surface area contributed by atoms with Gasteiger partial charge in [0.25, 0.3) is 5.91 Å². The number of carbonyl (C=O) groups is 1. The summed E-state index contributed by atoms with van der Waals surface area (Å²) < 4.78 is 245. The van der Waals surface area contributed by atoms with Crippen LogP contribution in [-0.4, -0.2) is 85.4 Å². The van der Waals surface area contributed by atoms with Crippen molar-refractivity contribution in [1.82, 2.24) is 5.48 Å².